The van der Waals surface area contributed by atoms with Gasteiger partial charge in [-0.1, -0.05) is 19.3 Å². The van der Waals surface area contributed by atoms with Gasteiger partial charge in [-0.25, -0.2) is 8.42 Å². The van der Waals surface area contributed by atoms with Gasteiger partial charge in [0.25, 0.3) is 0 Å². The van der Waals surface area contributed by atoms with Crippen LogP contribution < -0.4 is 5.73 Å². The lowest BCUT2D eigenvalue weighted by molar-refractivity contribution is -0.123. The molecule has 5 heteroatoms. The highest BCUT2D eigenvalue weighted by Crippen LogP contribution is 2.24. The summed E-state index contributed by atoms with van der Waals surface area (Å²) >= 11 is 0. The van der Waals surface area contributed by atoms with Crippen LogP contribution in [0, 0.1) is 5.92 Å². The van der Waals surface area contributed by atoms with Gasteiger partial charge in [-0.2, -0.15) is 0 Å². The van der Waals surface area contributed by atoms with Gasteiger partial charge >= 0.3 is 0 Å². The smallest absolute Gasteiger partial charge is 0.153 e. The predicted molar refractivity (Wildman–Crippen MR) is 73.1 cm³/mol. The third-order valence-electron chi connectivity index (χ3n) is 3.83. The number of carbonyl (C=O) groups is 1. The Balaban J connectivity index is 2.54. The molecule has 0 amide bonds. The molecule has 0 heterocycles. The lowest BCUT2D eigenvalue weighted by atomic mass is 9.90. The summed E-state index contributed by atoms with van der Waals surface area (Å²) < 4.78 is 23.4. The van der Waals surface area contributed by atoms with Gasteiger partial charge in [-0.15, -0.1) is 0 Å². The molecule has 0 spiro atoms. The molecular weight excluding hydrogens is 250 g/mol. The SMILES string of the molecule is CC(C)S(=O)(=O)CCC(=O)C1CCCCCC1N. The molecule has 106 valence electrons. The van der Waals surface area contributed by atoms with Gasteiger partial charge in [0.1, 0.15) is 5.78 Å². The van der Waals surface area contributed by atoms with Crippen LogP contribution in [0.15, 0.2) is 0 Å². The zero-order chi connectivity index (χ0) is 13.8. The number of sulfone groups is 1. The molecule has 1 aliphatic carbocycles. The molecule has 0 radical (unpaired) electrons. The lowest BCUT2D eigenvalue weighted by Crippen LogP contribution is -2.35. The van der Waals surface area contributed by atoms with E-state index in [1.165, 1.54) is 0 Å². The van der Waals surface area contributed by atoms with Gasteiger partial charge in [0.15, 0.2) is 9.84 Å². The van der Waals surface area contributed by atoms with Crippen LogP contribution in [0.25, 0.3) is 0 Å². The third-order valence-corrected chi connectivity index (χ3v) is 6.04. The van der Waals surface area contributed by atoms with Crippen LogP contribution in [0.3, 0.4) is 0 Å². The molecule has 0 aromatic heterocycles. The first-order valence-electron chi connectivity index (χ1n) is 6.84. The normalized spacial score (nSPS) is 26.0. The minimum Gasteiger partial charge on any atom is -0.327 e. The molecule has 1 saturated carbocycles. The number of hydrogen-bond acceptors (Lipinski definition) is 4. The fourth-order valence-electron chi connectivity index (χ4n) is 2.40. The van der Waals surface area contributed by atoms with Crippen molar-refractivity contribution in [1.29, 1.82) is 0 Å². The van der Waals surface area contributed by atoms with Crippen molar-refractivity contribution < 1.29 is 13.2 Å². The largest absolute Gasteiger partial charge is 0.327 e. The lowest BCUT2D eigenvalue weighted by Gasteiger charge is -2.20. The minimum atomic E-state index is -3.12. The van der Waals surface area contributed by atoms with E-state index in [-0.39, 0.29) is 29.9 Å². The van der Waals surface area contributed by atoms with Crippen LogP contribution >= 0.6 is 0 Å². The maximum atomic E-state index is 12.1. The molecule has 1 fully saturated rings. The maximum Gasteiger partial charge on any atom is 0.153 e. The third kappa shape index (κ3) is 4.35. The summed E-state index contributed by atoms with van der Waals surface area (Å²) in [5, 5.41) is -0.409. The summed E-state index contributed by atoms with van der Waals surface area (Å²) in [5.41, 5.74) is 6.01. The highest BCUT2D eigenvalue weighted by molar-refractivity contribution is 7.91. The van der Waals surface area contributed by atoms with E-state index in [1.54, 1.807) is 13.8 Å². The quantitative estimate of drug-likeness (QED) is 0.774. The van der Waals surface area contributed by atoms with Crippen LogP contribution in [0.1, 0.15) is 52.4 Å². The van der Waals surface area contributed by atoms with Crippen LogP contribution in [-0.2, 0) is 14.6 Å². The first kappa shape index (κ1) is 15.6. The molecule has 2 N–H and O–H groups in total. The summed E-state index contributed by atoms with van der Waals surface area (Å²) in [6.07, 6.45) is 5.06. The Hall–Kier alpha value is -0.420. The predicted octanol–water partition coefficient (Wildman–Crippen LogP) is 1.68. The zero-order valence-corrected chi connectivity index (χ0v) is 12.2. The Morgan fingerprint density at radius 1 is 1.22 bits per heavy atom. The van der Waals surface area contributed by atoms with Gasteiger partial charge in [0.05, 0.1) is 11.0 Å². The molecule has 1 aliphatic rings. The number of hydrogen-bond donors (Lipinski definition) is 1. The number of carbonyl (C=O) groups excluding carboxylic acids is 1. The van der Waals surface area contributed by atoms with Crippen LogP contribution in [0.2, 0.25) is 0 Å². The highest BCUT2D eigenvalue weighted by atomic mass is 32.2. The van der Waals surface area contributed by atoms with E-state index in [1.807, 2.05) is 0 Å². The van der Waals surface area contributed by atoms with Gasteiger partial charge < -0.3 is 5.73 Å². The topological polar surface area (TPSA) is 77.2 Å². The van der Waals surface area contributed by atoms with Crippen molar-refractivity contribution in [2.45, 2.75) is 63.7 Å². The average Bonchev–Trinajstić information content (AvgIpc) is 2.50. The minimum absolute atomic E-state index is 0.0350. The van der Waals surface area contributed by atoms with E-state index in [2.05, 4.69) is 0 Å². The van der Waals surface area contributed by atoms with E-state index in [0.29, 0.717) is 0 Å². The zero-order valence-electron chi connectivity index (χ0n) is 11.4. The van der Waals surface area contributed by atoms with E-state index >= 15 is 0 Å². The second-order valence-electron chi connectivity index (χ2n) is 5.54. The summed E-state index contributed by atoms with van der Waals surface area (Å²) in [4.78, 5) is 12.1. The van der Waals surface area contributed by atoms with Gasteiger partial charge in [-0.3, -0.25) is 4.79 Å². The van der Waals surface area contributed by atoms with Crippen molar-refractivity contribution in [2.24, 2.45) is 11.7 Å². The van der Waals surface area contributed by atoms with E-state index in [9.17, 15) is 13.2 Å². The number of nitrogens with two attached hydrogens (primary N) is 1. The molecular formula is C13H25NO3S. The Morgan fingerprint density at radius 3 is 2.44 bits per heavy atom. The van der Waals surface area contributed by atoms with Gasteiger partial charge in [0, 0.05) is 18.4 Å². The molecule has 0 saturated heterocycles. The second kappa shape index (κ2) is 6.66. The summed E-state index contributed by atoms with van der Waals surface area (Å²) in [6, 6.07) is -0.0817. The maximum absolute atomic E-state index is 12.1. The molecule has 18 heavy (non-hydrogen) atoms. The molecule has 0 bridgehead atoms. The molecule has 2 atom stereocenters. The molecule has 1 rings (SSSR count). The first-order chi connectivity index (χ1) is 8.34. The van der Waals surface area contributed by atoms with Crippen LogP contribution in [0.5, 0.6) is 0 Å². The highest BCUT2D eigenvalue weighted by Gasteiger charge is 2.28. The Bertz CT molecular complexity index is 376. The summed E-state index contributed by atoms with van der Waals surface area (Å²) in [7, 11) is -3.12. The van der Waals surface area contributed by atoms with Gasteiger partial charge in [0.2, 0.25) is 0 Å². The Kier molecular flexibility index (Phi) is 5.79. The first-order valence-corrected chi connectivity index (χ1v) is 8.56. The van der Waals surface area contributed by atoms with Crippen molar-refractivity contribution in [3.8, 4) is 0 Å². The fraction of sp³-hybridized carbons (Fsp3) is 0.923. The van der Waals surface area contributed by atoms with Gasteiger partial charge in [-0.05, 0) is 26.7 Å². The summed E-state index contributed by atoms with van der Waals surface area (Å²) in [5.74, 6) is -0.129. The molecule has 0 aliphatic heterocycles. The molecule has 2 unspecified atom stereocenters. The van der Waals surface area contributed by atoms with E-state index in [4.69, 9.17) is 5.73 Å². The Morgan fingerprint density at radius 2 is 1.83 bits per heavy atom. The van der Waals surface area contributed by atoms with Crippen molar-refractivity contribution >= 4 is 15.6 Å². The Labute approximate surface area is 110 Å². The fourth-order valence-corrected chi connectivity index (χ4v) is 3.36. The van der Waals surface area contributed by atoms with Crippen molar-refractivity contribution in [2.75, 3.05) is 5.75 Å². The number of Topliss-reactive ketones (excluding diaryl/α,β-unsaturated/α-hetero) is 1. The molecule has 0 aromatic rings. The van der Waals surface area contributed by atoms with Crippen molar-refractivity contribution in [1.82, 2.24) is 0 Å². The van der Waals surface area contributed by atoms with Crippen molar-refractivity contribution in [3.05, 3.63) is 0 Å². The van der Waals surface area contributed by atoms with Crippen LogP contribution in [-0.4, -0.2) is 31.2 Å². The average molecular weight is 275 g/mol. The monoisotopic (exact) mass is 275 g/mol. The van der Waals surface area contributed by atoms with Crippen LogP contribution in [0.4, 0.5) is 0 Å². The number of ketones is 1. The summed E-state index contributed by atoms with van der Waals surface area (Å²) in [6.45, 7) is 3.30. The molecule has 0 aromatic carbocycles. The van der Waals surface area contributed by atoms with Crippen molar-refractivity contribution in [3.63, 3.8) is 0 Å². The van der Waals surface area contributed by atoms with E-state index in [0.717, 1.165) is 32.1 Å². The van der Waals surface area contributed by atoms with E-state index < -0.39 is 15.1 Å². The number of rotatable bonds is 5. The standard InChI is InChI=1S/C13H25NO3S/c1-10(2)18(16,17)9-8-13(15)11-6-4-3-5-7-12(11)14/h10-12H,3-9,14H2,1-2H3. The molecule has 4 nitrogen and oxygen atoms in total. The second-order valence-corrected chi connectivity index (χ2v) is 8.22.